The third-order valence-corrected chi connectivity index (χ3v) is 3.69. The molecule has 0 atom stereocenters. The molecular weight excluding hydrogens is 216 g/mol. The number of piperazine rings is 1. The summed E-state index contributed by atoms with van der Waals surface area (Å²) < 4.78 is 0. The SMILES string of the molecule is N=C(N=C(N)N)N1CCN(C2CCCC2)CC1. The average Bonchev–Trinajstić information content (AvgIpc) is 2.82. The predicted molar refractivity (Wildman–Crippen MR) is 68.9 cm³/mol. The summed E-state index contributed by atoms with van der Waals surface area (Å²) in [5.41, 5.74) is 10.6. The van der Waals surface area contributed by atoms with Gasteiger partial charge in [-0.25, -0.2) is 0 Å². The van der Waals surface area contributed by atoms with Crippen LogP contribution in [-0.4, -0.2) is 53.9 Å². The maximum atomic E-state index is 7.75. The molecule has 0 spiro atoms. The molecule has 1 aliphatic heterocycles. The van der Waals surface area contributed by atoms with Gasteiger partial charge < -0.3 is 16.4 Å². The number of nitrogens with one attached hydrogen (secondary N) is 1. The molecule has 0 aromatic rings. The Labute approximate surface area is 102 Å². The van der Waals surface area contributed by atoms with Crippen molar-refractivity contribution < 1.29 is 0 Å². The summed E-state index contributed by atoms with van der Waals surface area (Å²) in [5.74, 6) is 0.157. The van der Waals surface area contributed by atoms with Gasteiger partial charge in [0.15, 0.2) is 5.96 Å². The molecule has 2 fully saturated rings. The third kappa shape index (κ3) is 3.09. The van der Waals surface area contributed by atoms with E-state index in [9.17, 15) is 0 Å². The van der Waals surface area contributed by atoms with Crippen LogP contribution < -0.4 is 11.5 Å². The maximum absolute atomic E-state index is 7.75. The van der Waals surface area contributed by atoms with E-state index in [1.54, 1.807) is 0 Å². The zero-order valence-corrected chi connectivity index (χ0v) is 10.2. The van der Waals surface area contributed by atoms with Crippen molar-refractivity contribution in [2.24, 2.45) is 16.5 Å². The topological polar surface area (TPSA) is 94.7 Å². The molecule has 6 nitrogen and oxygen atoms in total. The minimum Gasteiger partial charge on any atom is -0.370 e. The molecule has 1 saturated carbocycles. The molecule has 96 valence electrons. The Morgan fingerprint density at radius 2 is 1.65 bits per heavy atom. The van der Waals surface area contributed by atoms with Gasteiger partial charge in [-0.1, -0.05) is 12.8 Å². The smallest absolute Gasteiger partial charge is 0.221 e. The van der Waals surface area contributed by atoms with Gasteiger partial charge in [-0.3, -0.25) is 10.3 Å². The molecule has 5 N–H and O–H groups in total. The Balaban J connectivity index is 1.81. The van der Waals surface area contributed by atoms with Crippen molar-refractivity contribution in [2.45, 2.75) is 31.7 Å². The second-order valence-electron chi connectivity index (χ2n) is 4.82. The van der Waals surface area contributed by atoms with Gasteiger partial charge in [0.05, 0.1) is 0 Å². The molecule has 2 rings (SSSR count). The van der Waals surface area contributed by atoms with Gasteiger partial charge in [0.25, 0.3) is 0 Å². The quantitative estimate of drug-likeness (QED) is 0.434. The lowest BCUT2D eigenvalue weighted by Gasteiger charge is -2.38. The summed E-state index contributed by atoms with van der Waals surface area (Å²) in [6.45, 7) is 3.75. The summed E-state index contributed by atoms with van der Waals surface area (Å²) in [6.07, 6.45) is 5.42. The first kappa shape index (κ1) is 12.2. The first-order valence-corrected chi connectivity index (χ1v) is 6.34. The second-order valence-corrected chi connectivity index (χ2v) is 4.82. The minimum absolute atomic E-state index is 0.0341. The van der Waals surface area contributed by atoms with Crippen molar-refractivity contribution in [3.8, 4) is 0 Å². The molecule has 2 aliphatic rings. The van der Waals surface area contributed by atoms with Crippen LogP contribution in [0.15, 0.2) is 4.99 Å². The Kier molecular flexibility index (Phi) is 3.83. The van der Waals surface area contributed by atoms with Crippen molar-refractivity contribution in [1.82, 2.24) is 9.80 Å². The fourth-order valence-corrected chi connectivity index (χ4v) is 2.76. The van der Waals surface area contributed by atoms with Gasteiger partial charge >= 0.3 is 0 Å². The van der Waals surface area contributed by atoms with Crippen LogP contribution in [0.25, 0.3) is 0 Å². The fraction of sp³-hybridized carbons (Fsp3) is 0.818. The van der Waals surface area contributed by atoms with Crippen LogP contribution in [0.1, 0.15) is 25.7 Å². The lowest BCUT2D eigenvalue weighted by atomic mass is 10.2. The largest absolute Gasteiger partial charge is 0.370 e. The zero-order valence-electron chi connectivity index (χ0n) is 10.2. The first-order chi connectivity index (χ1) is 8.16. The van der Waals surface area contributed by atoms with E-state index in [1.807, 2.05) is 4.90 Å². The van der Waals surface area contributed by atoms with Gasteiger partial charge in [-0.2, -0.15) is 4.99 Å². The lowest BCUT2D eigenvalue weighted by molar-refractivity contribution is 0.133. The number of rotatable bonds is 1. The molecule has 0 amide bonds. The van der Waals surface area contributed by atoms with Crippen LogP contribution in [0.5, 0.6) is 0 Å². The summed E-state index contributed by atoms with van der Waals surface area (Å²) in [4.78, 5) is 8.27. The van der Waals surface area contributed by atoms with Gasteiger partial charge in [-0.05, 0) is 12.8 Å². The molecule has 0 aromatic heterocycles. The van der Waals surface area contributed by atoms with Crippen molar-refractivity contribution >= 4 is 11.9 Å². The molecule has 0 bridgehead atoms. The molecule has 0 unspecified atom stereocenters. The van der Waals surface area contributed by atoms with Crippen LogP contribution in [0.2, 0.25) is 0 Å². The van der Waals surface area contributed by atoms with Crippen LogP contribution in [-0.2, 0) is 0 Å². The Hall–Kier alpha value is -1.30. The predicted octanol–water partition coefficient (Wildman–Crippen LogP) is -0.245. The van der Waals surface area contributed by atoms with Gasteiger partial charge in [0.2, 0.25) is 5.96 Å². The number of hydrogen-bond acceptors (Lipinski definition) is 2. The van der Waals surface area contributed by atoms with Gasteiger partial charge in [0.1, 0.15) is 0 Å². The molecule has 1 saturated heterocycles. The van der Waals surface area contributed by atoms with E-state index in [0.29, 0.717) is 0 Å². The highest BCUT2D eigenvalue weighted by atomic mass is 15.3. The molecule has 1 heterocycles. The number of hydrogen-bond donors (Lipinski definition) is 3. The number of nitrogens with zero attached hydrogens (tertiary/aromatic N) is 3. The van der Waals surface area contributed by atoms with Crippen LogP contribution in [0.3, 0.4) is 0 Å². The molecule has 1 aliphatic carbocycles. The monoisotopic (exact) mass is 238 g/mol. The zero-order chi connectivity index (χ0) is 12.3. The van der Waals surface area contributed by atoms with Crippen LogP contribution in [0.4, 0.5) is 0 Å². The highest BCUT2D eigenvalue weighted by molar-refractivity contribution is 5.91. The number of nitrogens with two attached hydrogens (primary N) is 2. The van der Waals surface area contributed by atoms with E-state index in [-0.39, 0.29) is 11.9 Å². The summed E-state index contributed by atoms with van der Waals surface area (Å²) in [6, 6.07) is 0.773. The number of guanidine groups is 2. The van der Waals surface area contributed by atoms with Crippen molar-refractivity contribution in [3.05, 3.63) is 0 Å². The van der Waals surface area contributed by atoms with Crippen molar-refractivity contribution in [1.29, 1.82) is 5.41 Å². The van der Waals surface area contributed by atoms with E-state index >= 15 is 0 Å². The second kappa shape index (κ2) is 5.35. The minimum atomic E-state index is -0.0341. The van der Waals surface area contributed by atoms with E-state index in [2.05, 4.69) is 9.89 Å². The highest BCUT2D eigenvalue weighted by Gasteiger charge is 2.26. The van der Waals surface area contributed by atoms with Gasteiger partial charge in [-0.15, -0.1) is 0 Å². The molecule has 17 heavy (non-hydrogen) atoms. The Bertz CT molecular complexity index is 295. The van der Waals surface area contributed by atoms with E-state index < -0.39 is 0 Å². The molecule has 0 aromatic carbocycles. The van der Waals surface area contributed by atoms with Gasteiger partial charge in [0, 0.05) is 32.2 Å². The lowest BCUT2D eigenvalue weighted by Crippen LogP contribution is -2.51. The van der Waals surface area contributed by atoms with Crippen molar-refractivity contribution in [2.75, 3.05) is 26.2 Å². The maximum Gasteiger partial charge on any atom is 0.221 e. The third-order valence-electron chi connectivity index (χ3n) is 3.69. The molecule has 6 heteroatoms. The van der Waals surface area contributed by atoms with E-state index in [1.165, 1.54) is 25.7 Å². The summed E-state index contributed by atoms with van der Waals surface area (Å²) >= 11 is 0. The normalized spacial score (nSPS) is 22.7. The average molecular weight is 238 g/mol. The van der Waals surface area contributed by atoms with E-state index in [0.717, 1.165) is 32.2 Å². The first-order valence-electron chi connectivity index (χ1n) is 6.34. The standard InChI is InChI=1S/C11H22N6/c12-10(13)15-11(14)17-7-5-16(6-8-17)9-3-1-2-4-9/h9H,1-8H2,(H5,12,13,14,15). The van der Waals surface area contributed by atoms with Crippen LogP contribution >= 0.6 is 0 Å². The van der Waals surface area contributed by atoms with Crippen LogP contribution in [0, 0.1) is 5.41 Å². The summed E-state index contributed by atoms with van der Waals surface area (Å²) in [5, 5.41) is 7.75. The number of aliphatic imine (C=N–C) groups is 1. The fourth-order valence-electron chi connectivity index (χ4n) is 2.76. The Morgan fingerprint density at radius 1 is 1.06 bits per heavy atom. The Morgan fingerprint density at radius 3 is 2.18 bits per heavy atom. The van der Waals surface area contributed by atoms with Crippen molar-refractivity contribution in [3.63, 3.8) is 0 Å². The van der Waals surface area contributed by atoms with E-state index in [4.69, 9.17) is 16.9 Å². The molecule has 0 radical (unpaired) electrons. The highest BCUT2D eigenvalue weighted by Crippen LogP contribution is 2.24. The summed E-state index contributed by atoms with van der Waals surface area (Å²) in [7, 11) is 0. The molecular formula is C11H22N6.